The average molecular weight is 422 g/mol. The molecule has 0 bridgehead atoms. The van der Waals surface area contributed by atoms with Crippen LogP contribution in [0, 0.1) is 5.92 Å². The molecule has 0 saturated heterocycles. The Balaban J connectivity index is 1.36. The van der Waals surface area contributed by atoms with E-state index in [1.807, 2.05) is 32.0 Å². The molecule has 156 valence electrons. The minimum Gasteiger partial charge on any atom is -0.349 e. The Labute approximate surface area is 180 Å². The van der Waals surface area contributed by atoms with E-state index in [2.05, 4.69) is 39.9 Å². The molecule has 30 heavy (non-hydrogen) atoms. The number of amides is 2. The van der Waals surface area contributed by atoms with Crippen molar-refractivity contribution in [1.82, 2.24) is 10.3 Å². The van der Waals surface area contributed by atoms with Crippen molar-refractivity contribution in [3.05, 3.63) is 59.2 Å². The second-order valence-electron chi connectivity index (χ2n) is 8.18. The Bertz CT molecular complexity index is 1070. The largest absolute Gasteiger partial charge is 0.349 e. The lowest BCUT2D eigenvalue weighted by Gasteiger charge is -2.26. The van der Waals surface area contributed by atoms with Gasteiger partial charge in [0.25, 0.3) is 0 Å². The van der Waals surface area contributed by atoms with Gasteiger partial charge >= 0.3 is 0 Å². The normalized spacial score (nSPS) is 15.8. The van der Waals surface area contributed by atoms with Gasteiger partial charge in [0.2, 0.25) is 11.8 Å². The molecule has 1 aromatic heterocycles. The minimum absolute atomic E-state index is 0.0322. The van der Waals surface area contributed by atoms with Crippen molar-refractivity contribution in [1.29, 1.82) is 0 Å². The molecule has 3 aromatic rings. The molecule has 1 atom stereocenters. The molecule has 0 aliphatic heterocycles. The van der Waals surface area contributed by atoms with Crippen LogP contribution in [0.5, 0.6) is 0 Å². The van der Waals surface area contributed by atoms with Crippen LogP contribution in [0.3, 0.4) is 0 Å². The molecular weight excluding hydrogens is 394 g/mol. The third-order valence-electron chi connectivity index (χ3n) is 5.55. The molecule has 0 radical (unpaired) electrons. The molecule has 1 heterocycles. The van der Waals surface area contributed by atoms with Crippen molar-refractivity contribution in [2.75, 3.05) is 5.32 Å². The highest BCUT2D eigenvalue weighted by molar-refractivity contribution is 7.22. The van der Waals surface area contributed by atoms with E-state index in [4.69, 9.17) is 0 Å². The van der Waals surface area contributed by atoms with Crippen LogP contribution < -0.4 is 10.6 Å². The SMILES string of the molecule is CC(C)C(=O)Nc1nc2ccc(CCC(=O)N[C@H]3CCCc4ccccc43)cc2s1. The van der Waals surface area contributed by atoms with E-state index in [1.54, 1.807) is 0 Å². The van der Waals surface area contributed by atoms with Crippen molar-refractivity contribution in [2.24, 2.45) is 5.92 Å². The lowest BCUT2D eigenvalue weighted by atomic mass is 9.87. The van der Waals surface area contributed by atoms with E-state index in [1.165, 1.54) is 22.5 Å². The van der Waals surface area contributed by atoms with Crippen molar-refractivity contribution in [2.45, 2.75) is 52.0 Å². The third kappa shape index (κ3) is 4.70. The van der Waals surface area contributed by atoms with Crippen molar-refractivity contribution >= 4 is 38.5 Å². The van der Waals surface area contributed by atoms with Gasteiger partial charge in [-0.25, -0.2) is 4.98 Å². The molecule has 0 fully saturated rings. The van der Waals surface area contributed by atoms with E-state index in [0.717, 1.165) is 35.0 Å². The van der Waals surface area contributed by atoms with Gasteiger partial charge in [0.05, 0.1) is 16.3 Å². The summed E-state index contributed by atoms with van der Waals surface area (Å²) < 4.78 is 1.02. The first-order valence-electron chi connectivity index (χ1n) is 10.6. The molecule has 4 rings (SSSR count). The first-order chi connectivity index (χ1) is 14.5. The Morgan fingerprint density at radius 1 is 1.20 bits per heavy atom. The summed E-state index contributed by atoms with van der Waals surface area (Å²) in [7, 11) is 0. The number of nitrogens with zero attached hydrogens (tertiary/aromatic N) is 1. The maximum Gasteiger partial charge on any atom is 0.228 e. The second-order valence-corrected chi connectivity index (χ2v) is 9.21. The summed E-state index contributed by atoms with van der Waals surface area (Å²) in [6, 6.07) is 14.6. The number of fused-ring (bicyclic) bond motifs is 2. The third-order valence-corrected chi connectivity index (χ3v) is 6.49. The number of anilines is 1. The van der Waals surface area contributed by atoms with E-state index in [9.17, 15) is 9.59 Å². The highest BCUT2D eigenvalue weighted by Crippen LogP contribution is 2.30. The zero-order chi connectivity index (χ0) is 21.1. The van der Waals surface area contributed by atoms with Crippen LogP contribution in [-0.4, -0.2) is 16.8 Å². The molecule has 2 aromatic carbocycles. The zero-order valence-electron chi connectivity index (χ0n) is 17.4. The molecule has 1 aliphatic rings. The van der Waals surface area contributed by atoms with E-state index < -0.39 is 0 Å². The van der Waals surface area contributed by atoms with Gasteiger partial charge in [-0.2, -0.15) is 0 Å². The first-order valence-corrected chi connectivity index (χ1v) is 11.4. The van der Waals surface area contributed by atoms with Crippen LogP contribution in [0.1, 0.15) is 55.8 Å². The predicted molar refractivity (Wildman–Crippen MR) is 122 cm³/mol. The fourth-order valence-electron chi connectivity index (χ4n) is 3.86. The van der Waals surface area contributed by atoms with Crippen LogP contribution in [-0.2, 0) is 22.4 Å². The molecule has 5 nitrogen and oxygen atoms in total. The van der Waals surface area contributed by atoms with Crippen LogP contribution >= 0.6 is 11.3 Å². The number of thiazole rings is 1. The summed E-state index contributed by atoms with van der Waals surface area (Å²) in [5, 5.41) is 6.70. The molecule has 0 saturated carbocycles. The van der Waals surface area contributed by atoms with Gasteiger partial charge in [0.1, 0.15) is 0 Å². The number of benzene rings is 2. The fraction of sp³-hybridized carbons (Fsp3) is 0.375. The van der Waals surface area contributed by atoms with Gasteiger partial charge < -0.3 is 10.6 Å². The molecule has 1 aliphatic carbocycles. The van der Waals surface area contributed by atoms with Crippen molar-refractivity contribution < 1.29 is 9.59 Å². The lowest BCUT2D eigenvalue weighted by Crippen LogP contribution is -2.31. The highest BCUT2D eigenvalue weighted by atomic mass is 32.1. The highest BCUT2D eigenvalue weighted by Gasteiger charge is 2.21. The van der Waals surface area contributed by atoms with E-state index >= 15 is 0 Å². The number of nitrogens with one attached hydrogen (secondary N) is 2. The summed E-state index contributed by atoms with van der Waals surface area (Å²) in [6.07, 6.45) is 4.35. The molecule has 0 unspecified atom stereocenters. The quantitative estimate of drug-likeness (QED) is 0.587. The minimum atomic E-state index is -0.0813. The van der Waals surface area contributed by atoms with Crippen LogP contribution in [0.4, 0.5) is 5.13 Å². The summed E-state index contributed by atoms with van der Waals surface area (Å²) in [4.78, 5) is 28.9. The first kappa shape index (κ1) is 20.5. The Kier molecular flexibility index (Phi) is 6.13. The number of hydrogen-bond acceptors (Lipinski definition) is 4. The van der Waals surface area contributed by atoms with Crippen molar-refractivity contribution in [3.63, 3.8) is 0 Å². The number of aryl methyl sites for hydroxylation is 2. The van der Waals surface area contributed by atoms with Gasteiger partial charge in [-0.15, -0.1) is 0 Å². The fourth-order valence-corrected chi connectivity index (χ4v) is 4.79. The maximum absolute atomic E-state index is 12.6. The Hall–Kier alpha value is -2.73. The lowest BCUT2D eigenvalue weighted by molar-refractivity contribution is -0.122. The number of aromatic nitrogens is 1. The average Bonchev–Trinajstić information content (AvgIpc) is 3.14. The summed E-state index contributed by atoms with van der Waals surface area (Å²) in [5.41, 5.74) is 4.59. The summed E-state index contributed by atoms with van der Waals surface area (Å²) >= 11 is 1.47. The van der Waals surface area contributed by atoms with E-state index in [0.29, 0.717) is 18.0 Å². The van der Waals surface area contributed by atoms with Crippen LogP contribution in [0.25, 0.3) is 10.2 Å². The van der Waals surface area contributed by atoms with Gasteiger partial charge in [-0.05, 0) is 54.5 Å². The maximum atomic E-state index is 12.6. The standard InChI is InChI=1S/C24H27N3O2S/c1-15(2)23(29)27-24-26-20-12-10-16(14-21(20)30-24)11-13-22(28)25-19-9-5-7-17-6-3-4-8-18(17)19/h3-4,6,8,10,12,14-15,19H,5,7,9,11,13H2,1-2H3,(H,25,28)(H,26,27,29)/t19-/m0/s1. The molecule has 2 N–H and O–H groups in total. The second kappa shape index (κ2) is 8.96. The van der Waals surface area contributed by atoms with E-state index in [-0.39, 0.29) is 23.8 Å². The Morgan fingerprint density at radius 2 is 2.03 bits per heavy atom. The van der Waals surface area contributed by atoms with Crippen LogP contribution in [0.2, 0.25) is 0 Å². The molecule has 0 spiro atoms. The summed E-state index contributed by atoms with van der Waals surface area (Å²) in [6.45, 7) is 3.72. The van der Waals surface area contributed by atoms with Crippen LogP contribution in [0.15, 0.2) is 42.5 Å². The topological polar surface area (TPSA) is 71.1 Å². The summed E-state index contributed by atoms with van der Waals surface area (Å²) in [5.74, 6) is -0.0246. The monoisotopic (exact) mass is 421 g/mol. The zero-order valence-corrected chi connectivity index (χ0v) is 18.2. The van der Waals surface area contributed by atoms with Gasteiger partial charge in [0, 0.05) is 12.3 Å². The van der Waals surface area contributed by atoms with Crippen molar-refractivity contribution in [3.8, 4) is 0 Å². The predicted octanol–water partition coefficient (Wildman–Crippen LogP) is 5.02. The molecular formula is C24H27N3O2S. The molecule has 6 heteroatoms. The number of carbonyl (C=O) groups is 2. The Morgan fingerprint density at radius 3 is 2.87 bits per heavy atom. The number of hydrogen-bond donors (Lipinski definition) is 2. The molecule has 2 amide bonds. The smallest absolute Gasteiger partial charge is 0.228 e. The van der Waals surface area contributed by atoms with Gasteiger partial charge in [0.15, 0.2) is 5.13 Å². The van der Waals surface area contributed by atoms with Gasteiger partial charge in [-0.3, -0.25) is 9.59 Å². The number of carbonyl (C=O) groups excluding carboxylic acids is 2. The number of rotatable bonds is 6. The van der Waals surface area contributed by atoms with Gasteiger partial charge in [-0.1, -0.05) is 55.5 Å².